The van der Waals surface area contributed by atoms with Gasteiger partial charge in [-0.1, -0.05) is 0 Å². The van der Waals surface area contributed by atoms with Gasteiger partial charge in [0.1, 0.15) is 11.6 Å². The molecule has 2 aromatic rings. The van der Waals surface area contributed by atoms with Gasteiger partial charge in [-0.25, -0.2) is 9.97 Å². The Labute approximate surface area is 181 Å². The second kappa shape index (κ2) is 9.45. The molecule has 4 rings (SSSR count). The molecule has 2 amide bonds. The highest BCUT2D eigenvalue weighted by Crippen LogP contribution is 2.34. The smallest absolute Gasteiger partial charge is 0.257 e. The van der Waals surface area contributed by atoms with Gasteiger partial charge in [-0.3, -0.25) is 9.59 Å². The van der Waals surface area contributed by atoms with E-state index in [4.69, 9.17) is 9.26 Å². The summed E-state index contributed by atoms with van der Waals surface area (Å²) in [5.41, 5.74) is 1.20. The van der Waals surface area contributed by atoms with Gasteiger partial charge in [0, 0.05) is 44.7 Å². The Morgan fingerprint density at radius 1 is 1.19 bits per heavy atom. The lowest BCUT2D eigenvalue weighted by Gasteiger charge is -2.29. The molecule has 0 saturated carbocycles. The van der Waals surface area contributed by atoms with Crippen LogP contribution in [0.5, 0.6) is 5.88 Å². The summed E-state index contributed by atoms with van der Waals surface area (Å²) in [6, 6.07) is 1.49. The molecule has 0 spiro atoms. The average Bonchev–Trinajstić information content (AvgIpc) is 3.47. The molecule has 2 aliphatic heterocycles. The molecule has 4 heterocycles. The molecule has 0 aromatic carbocycles. The van der Waals surface area contributed by atoms with Gasteiger partial charge >= 0.3 is 0 Å². The van der Waals surface area contributed by atoms with Crippen molar-refractivity contribution in [1.29, 1.82) is 0 Å². The summed E-state index contributed by atoms with van der Waals surface area (Å²) >= 11 is 0. The Balaban J connectivity index is 1.51. The number of methoxy groups -OCH3 is 1. The first-order valence-electron chi connectivity index (χ1n) is 11.0. The summed E-state index contributed by atoms with van der Waals surface area (Å²) in [5, 5.41) is 3.78. The predicted molar refractivity (Wildman–Crippen MR) is 112 cm³/mol. The molecule has 2 fully saturated rings. The van der Waals surface area contributed by atoms with Gasteiger partial charge in [-0.15, -0.1) is 0 Å². The topological polar surface area (TPSA) is 102 Å². The number of ether oxygens (including phenoxy) is 1. The van der Waals surface area contributed by atoms with Crippen LogP contribution >= 0.6 is 0 Å². The fourth-order valence-corrected chi connectivity index (χ4v) is 4.40. The SMILES string of the molecule is COc1cc(CCC(=O)N2CCC[C@H]2c2nc(C)ncc2C(=O)N2CCCCC2)on1. The second-order valence-electron chi connectivity index (χ2n) is 8.15. The number of aryl methyl sites for hydroxylation is 2. The first kappa shape index (κ1) is 21.3. The summed E-state index contributed by atoms with van der Waals surface area (Å²) in [6.07, 6.45) is 7.25. The zero-order valence-electron chi connectivity index (χ0n) is 18.2. The van der Waals surface area contributed by atoms with Crippen LogP contribution in [-0.2, 0) is 11.2 Å². The van der Waals surface area contributed by atoms with Crippen LogP contribution in [0.25, 0.3) is 0 Å². The van der Waals surface area contributed by atoms with Crippen LogP contribution < -0.4 is 4.74 Å². The number of piperidine rings is 1. The molecule has 0 unspecified atom stereocenters. The van der Waals surface area contributed by atoms with Crippen molar-refractivity contribution in [3.8, 4) is 5.88 Å². The van der Waals surface area contributed by atoms with Gasteiger partial charge in [0.2, 0.25) is 5.91 Å². The fourth-order valence-electron chi connectivity index (χ4n) is 4.40. The van der Waals surface area contributed by atoms with Crippen molar-refractivity contribution in [2.45, 2.75) is 57.9 Å². The number of rotatable bonds is 6. The zero-order chi connectivity index (χ0) is 21.8. The van der Waals surface area contributed by atoms with E-state index in [0.717, 1.165) is 45.2 Å². The van der Waals surface area contributed by atoms with Gasteiger partial charge in [0.05, 0.1) is 24.4 Å². The Morgan fingerprint density at radius 2 is 2.00 bits per heavy atom. The second-order valence-corrected chi connectivity index (χ2v) is 8.15. The normalized spacial score (nSPS) is 19.0. The Bertz CT molecular complexity index is 938. The van der Waals surface area contributed by atoms with Gasteiger partial charge in [0.25, 0.3) is 11.8 Å². The molecule has 1 atom stereocenters. The molecule has 2 aliphatic rings. The monoisotopic (exact) mass is 427 g/mol. The lowest BCUT2D eigenvalue weighted by Crippen LogP contribution is -2.38. The minimum atomic E-state index is -0.206. The number of hydrogen-bond donors (Lipinski definition) is 0. The third kappa shape index (κ3) is 4.70. The average molecular weight is 428 g/mol. The van der Waals surface area contributed by atoms with Crippen LogP contribution in [0.15, 0.2) is 16.8 Å². The van der Waals surface area contributed by atoms with E-state index < -0.39 is 0 Å². The van der Waals surface area contributed by atoms with Crippen LogP contribution in [-0.4, -0.2) is 63.5 Å². The van der Waals surface area contributed by atoms with E-state index in [2.05, 4.69) is 15.1 Å². The number of aromatic nitrogens is 3. The van der Waals surface area contributed by atoms with E-state index in [-0.39, 0.29) is 17.9 Å². The lowest BCUT2D eigenvalue weighted by molar-refractivity contribution is -0.132. The molecule has 31 heavy (non-hydrogen) atoms. The minimum Gasteiger partial charge on any atom is -0.479 e. The molecule has 2 aromatic heterocycles. The van der Waals surface area contributed by atoms with Crippen molar-refractivity contribution >= 4 is 11.8 Å². The molecule has 0 bridgehead atoms. The van der Waals surface area contributed by atoms with Gasteiger partial charge in [-0.2, -0.15) is 0 Å². The molecule has 9 heteroatoms. The quantitative estimate of drug-likeness (QED) is 0.698. The van der Waals surface area contributed by atoms with Gasteiger partial charge in [-0.05, 0) is 44.2 Å². The highest BCUT2D eigenvalue weighted by molar-refractivity contribution is 5.95. The molecule has 0 N–H and O–H groups in total. The summed E-state index contributed by atoms with van der Waals surface area (Å²) in [5.74, 6) is 1.62. The number of carbonyl (C=O) groups excluding carboxylic acids is 2. The first-order chi connectivity index (χ1) is 15.1. The molecule has 2 saturated heterocycles. The minimum absolute atomic E-state index is 0.0190. The van der Waals surface area contributed by atoms with Crippen molar-refractivity contribution in [2.24, 2.45) is 0 Å². The summed E-state index contributed by atoms with van der Waals surface area (Å²) in [7, 11) is 1.52. The van der Waals surface area contributed by atoms with E-state index in [0.29, 0.717) is 48.1 Å². The van der Waals surface area contributed by atoms with E-state index in [1.807, 2.05) is 16.7 Å². The Hall–Kier alpha value is -2.97. The van der Waals surface area contributed by atoms with E-state index in [1.165, 1.54) is 7.11 Å². The maximum atomic E-state index is 13.2. The maximum absolute atomic E-state index is 13.2. The molecule has 0 radical (unpaired) electrons. The highest BCUT2D eigenvalue weighted by atomic mass is 16.5. The summed E-state index contributed by atoms with van der Waals surface area (Å²) in [4.78, 5) is 38.9. The number of hydrogen-bond acceptors (Lipinski definition) is 7. The summed E-state index contributed by atoms with van der Waals surface area (Å²) in [6.45, 7) is 4.00. The Kier molecular flexibility index (Phi) is 6.48. The zero-order valence-corrected chi connectivity index (χ0v) is 18.2. The first-order valence-corrected chi connectivity index (χ1v) is 11.0. The fraction of sp³-hybridized carbons (Fsp3) is 0.591. The third-order valence-corrected chi connectivity index (χ3v) is 6.03. The highest BCUT2D eigenvalue weighted by Gasteiger charge is 2.35. The van der Waals surface area contributed by atoms with Crippen LogP contribution in [0.3, 0.4) is 0 Å². The lowest BCUT2D eigenvalue weighted by atomic mass is 10.0. The van der Waals surface area contributed by atoms with Crippen molar-refractivity contribution in [1.82, 2.24) is 24.9 Å². The number of nitrogens with zero attached hydrogens (tertiary/aromatic N) is 5. The molecule has 0 aliphatic carbocycles. The predicted octanol–water partition coefficient (Wildman–Crippen LogP) is 2.70. The molecular weight excluding hydrogens is 398 g/mol. The number of amides is 2. The van der Waals surface area contributed by atoms with Crippen LogP contribution in [0.2, 0.25) is 0 Å². The van der Waals surface area contributed by atoms with E-state index in [1.54, 1.807) is 12.3 Å². The number of carbonyl (C=O) groups is 2. The Morgan fingerprint density at radius 3 is 2.74 bits per heavy atom. The van der Waals surface area contributed by atoms with Crippen LogP contribution in [0.1, 0.15) is 72.2 Å². The van der Waals surface area contributed by atoms with Crippen LogP contribution in [0.4, 0.5) is 0 Å². The maximum Gasteiger partial charge on any atom is 0.257 e. The van der Waals surface area contributed by atoms with Crippen molar-refractivity contribution in [2.75, 3.05) is 26.7 Å². The van der Waals surface area contributed by atoms with Crippen molar-refractivity contribution in [3.05, 3.63) is 35.1 Å². The van der Waals surface area contributed by atoms with Crippen molar-refractivity contribution in [3.63, 3.8) is 0 Å². The van der Waals surface area contributed by atoms with Gasteiger partial charge < -0.3 is 19.1 Å². The summed E-state index contributed by atoms with van der Waals surface area (Å²) < 4.78 is 10.2. The number of likely N-dealkylation sites (tertiary alicyclic amines) is 2. The van der Waals surface area contributed by atoms with E-state index in [9.17, 15) is 9.59 Å². The molecular formula is C22H29N5O4. The molecule has 9 nitrogen and oxygen atoms in total. The third-order valence-electron chi connectivity index (χ3n) is 6.03. The van der Waals surface area contributed by atoms with Crippen molar-refractivity contribution < 1.29 is 18.8 Å². The van der Waals surface area contributed by atoms with Crippen LogP contribution in [0, 0.1) is 6.92 Å². The molecule has 166 valence electrons. The largest absolute Gasteiger partial charge is 0.479 e. The van der Waals surface area contributed by atoms with E-state index >= 15 is 0 Å². The van der Waals surface area contributed by atoms with Gasteiger partial charge in [0.15, 0.2) is 0 Å². The standard InChI is InChI=1S/C22H29N5O4/c1-15-23-14-17(22(29)26-10-4-3-5-11-26)21(24-15)18-7-6-12-27(18)20(28)9-8-16-13-19(30-2)25-31-16/h13-14,18H,3-12H2,1-2H3/t18-/m0/s1.